The van der Waals surface area contributed by atoms with Crippen LogP contribution >= 0.6 is 0 Å². The Kier molecular flexibility index (Phi) is 4.85. The number of carbonyl (C=O) groups excluding carboxylic acids is 1. The Hall–Kier alpha value is -1.62. The van der Waals surface area contributed by atoms with Crippen LogP contribution in [0.15, 0.2) is 23.1 Å². The van der Waals surface area contributed by atoms with E-state index < -0.39 is 0 Å². The summed E-state index contributed by atoms with van der Waals surface area (Å²) in [6.07, 6.45) is 7.67. The molecule has 2 atom stereocenters. The van der Waals surface area contributed by atoms with Gasteiger partial charge in [0.2, 0.25) is 5.56 Å². The molecule has 23 heavy (non-hydrogen) atoms. The van der Waals surface area contributed by atoms with Gasteiger partial charge in [-0.05, 0) is 31.2 Å². The van der Waals surface area contributed by atoms with Gasteiger partial charge in [0, 0.05) is 32.4 Å². The first-order valence-electron chi connectivity index (χ1n) is 8.70. The first-order chi connectivity index (χ1) is 11.1. The van der Waals surface area contributed by atoms with E-state index in [0.717, 1.165) is 19.3 Å². The molecule has 1 saturated carbocycles. The van der Waals surface area contributed by atoms with Crippen molar-refractivity contribution in [1.82, 2.24) is 9.47 Å². The summed E-state index contributed by atoms with van der Waals surface area (Å²) in [7, 11) is 1.68. The van der Waals surface area contributed by atoms with Gasteiger partial charge in [-0.2, -0.15) is 0 Å². The smallest absolute Gasteiger partial charge is 0.255 e. The summed E-state index contributed by atoms with van der Waals surface area (Å²) in [5.41, 5.74) is 0.484. The minimum atomic E-state index is -0.0970. The van der Waals surface area contributed by atoms with E-state index in [-0.39, 0.29) is 23.7 Å². The van der Waals surface area contributed by atoms with Crippen LogP contribution in [-0.2, 0) is 11.8 Å². The average molecular weight is 318 g/mol. The van der Waals surface area contributed by atoms with Gasteiger partial charge >= 0.3 is 0 Å². The van der Waals surface area contributed by atoms with E-state index in [1.165, 1.54) is 23.5 Å². The van der Waals surface area contributed by atoms with Crippen LogP contribution in [0.4, 0.5) is 0 Å². The molecule has 1 aromatic heterocycles. The molecular weight excluding hydrogens is 292 g/mol. The minimum absolute atomic E-state index is 0.0102. The highest BCUT2D eigenvalue weighted by Gasteiger charge is 2.39. The lowest BCUT2D eigenvalue weighted by atomic mass is 10.1. The SMILES string of the molecule is CCCC[C@@H]1CN(C(=O)c2ccc(=O)n(C)c2)C[C@H](C2CC2)O1. The van der Waals surface area contributed by atoms with Crippen LogP contribution in [0.3, 0.4) is 0 Å². The molecule has 1 aliphatic heterocycles. The highest BCUT2D eigenvalue weighted by molar-refractivity contribution is 5.94. The average Bonchev–Trinajstić information content (AvgIpc) is 3.39. The molecule has 2 fully saturated rings. The van der Waals surface area contributed by atoms with Crippen molar-refractivity contribution in [2.45, 2.75) is 51.2 Å². The first-order valence-corrected chi connectivity index (χ1v) is 8.70. The summed E-state index contributed by atoms with van der Waals surface area (Å²) in [5, 5.41) is 0. The maximum Gasteiger partial charge on any atom is 0.255 e. The lowest BCUT2D eigenvalue weighted by Gasteiger charge is -2.38. The fourth-order valence-electron chi connectivity index (χ4n) is 3.26. The fourth-order valence-corrected chi connectivity index (χ4v) is 3.26. The molecule has 0 N–H and O–H groups in total. The normalized spacial score (nSPS) is 24.7. The molecule has 1 aliphatic carbocycles. The van der Waals surface area contributed by atoms with Crippen molar-refractivity contribution in [2.75, 3.05) is 13.1 Å². The van der Waals surface area contributed by atoms with Crippen LogP contribution in [0.1, 0.15) is 49.4 Å². The number of rotatable bonds is 5. The van der Waals surface area contributed by atoms with Gasteiger partial charge in [0.15, 0.2) is 0 Å². The largest absolute Gasteiger partial charge is 0.371 e. The van der Waals surface area contributed by atoms with Gasteiger partial charge in [-0.25, -0.2) is 0 Å². The number of ether oxygens (including phenoxy) is 1. The lowest BCUT2D eigenvalue weighted by Crippen LogP contribution is -2.50. The lowest BCUT2D eigenvalue weighted by molar-refractivity contribution is -0.0874. The van der Waals surface area contributed by atoms with Crippen LogP contribution in [0.5, 0.6) is 0 Å². The molecule has 0 radical (unpaired) electrons. The third-order valence-electron chi connectivity index (χ3n) is 4.84. The van der Waals surface area contributed by atoms with Crippen LogP contribution in [0.25, 0.3) is 0 Å². The third-order valence-corrected chi connectivity index (χ3v) is 4.84. The Morgan fingerprint density at radius 3 is 2.74 bits per heavy atom. The van der Waals surface area contributed by atoms with Crippen molar-refractivity contribution in [3.8, 4) is 0 Å². The van der Waals surface area contributed by atoms with Gasteiger partial charge < -0.3 is 14.2 Å². The molecule has 126 valence electrons. The summed E-state index contributed by atoms with van der Waals surface area (Å²) < 4.78 is 7.68. The molecule has 3 rings (SSSR count). The molecule has 1 saturated heterocycles. The van der Waals surface area contributed by atoms with Gasteiger partial charge in [-0.3, -0.25) is 9.59 Å². The number of amides is 1. The van der Waals surface area contributed by atoms with Crippen LogP contribution in [0, 0.1) is 5.92 Å². The molecule has 0 bridgehead atoms. The monoisotopic (exact) mass is 318 g/mol. The van der Waals surface area contributed by atoms with Gasteiger partial charge in [-0.15, -0.1) is 0 Å². The second-order valence-corrected chi connectivity index (χ2v) is 6.85. The van der Waals surface area contributed by atoms with Gasteiger partial charge in [0.25, 0.3) is 5.91 Å². The molecule has 0 aromatic carbocycles. The summed E-state index contributed by atoms with van der Waals surface area (Å²) in [6, 6.07) is 3.09. The quantitative estimate of drug-likeness (QED) is 0.836. The third kappa shape index (κ3) is 3.83. The van der Waals surface area contributed by atoms with Crippen LogP contribution in [-0.4, -0.2) is 40.7 Å². The number of hydrogen-bond acceptors (Lipinski definition) is 3. The van der Waals surface area contributed by atoms with E-state index in [9.17, 15) is 9.59 Å². The van der Waals surface area contributed by atoms with Crippen molar-refractivity contribution in [3.63, 3.8) is 0 Å². The predicted octanol–water partition coefficient (Wildman–Crippen LogP) is 2.20. The predicted molar refractivity (Wildman–Crippen MR) is 88.5 cm³/mol. The van der Waals surface area contributed by atoms with Crippen molar-refractivity contribution >= 4 is 5.91 Å². The Morgan fingerprint density at radius 2 is 2.09 bits per heavy atom. The summed E-state index contributed by atoms with van der Waals surface area (Å²) >= 11 is 0. The number of aromatic nitrogens is 1. The number of carbonyl (C=O) groups is 1. The van der Waals surface area contributed by atoms with E-state index in [4.69, 9.17) is 4.74 Å². The van der Waals surface area contributed by atoms with Gasteiger partial charge in [0.1, 0.15) is 0 Å². The molecule has 1 amide bonds. The molecule has 0 spiro atoms. The molecule has 0 unspecified atom stereocenters. The summed E-state index contributed by atoms with van der Waals surface area (Å²) in [5.74, 6) is 0.630. The standard InChI is InChI=1S/C18H26N2O3/c1-3-4-5-15-11-20(12-16(23-15)13-6-7-13)18(22)14-8-9-17(21)19(2)10-14/h8-10,13,15-16H,3-7,11-12H2,1-2H3/t15-,16-/m1/s1. The molecule has 2 aliphatic rings. The van der Waals surface area contributed by atoms with Crippen LogP contribution in [0.2, 0.25) is 0 Å². The number of nitrogens with zero attached hydrogens (tertiary/aromatic N) is 2. The molecule has 1 aromatic rings. The summed E-state index contributed by atoms with van der Waals surface area (Å²) in [4.78, 5) is 26.3. The van der Waals surface area contributed by atoms with Crippen molar-refractivity contribution in [2.24, 2.45) is 13.0 Å². The van der Waals surface area contributed by atoms with Crippen molar-refractivity contribution < 1.29 is 9.53 Å². The van der Waals surface area contributed by atoms with E-state index in [0.29, 0.717) is 24.6 Å². The number of pyridine rings is 1. The van der Waals surface area contributed by atoms with Crippen molar-refractivity contribution in [3.05, 3.63) is 34.2 Å². The minimum Gasteiger partial charge on any atom is -0.371 e. The maximum absolute atomic E-state index is 12.8. The zero-order chi connectivity index (χ0) is 16.4. The number of aryl methyl sites for hydroxylation is 1. The van der Waals surface area contributed by atoms with Crippen LogP contribution < -0.4 is 5.56 Å². The number of morpholine rings is 1. The second-order valence-electron chi connectivity index (χ2n) is 6.85. The molecule has 5 nitrogen and oxygen atoms in total. The molecule has 5 heteroatoms. The number of hydrogen-bond donors (Lipinski definition) is 0. The van der Waals surface area contributed by atoms with E-state index in [1.807, 2.05) is 4.90 Å². The zero-order valence-corrected chi connectivity index (χ0v) is 14.0. The number of unbranched alkanes of at least 4 members (excludes halogenated alkanes) is 1. The molecular formula is C18H26N2O3. The van der Waals surface area contributed by atoms with E-state index in [1.54, 1.807) is 19.3 Å². The summed E-state index contributed by atoms with van der Waals surface area (Å²) in [6.45, 7) is 3.51. The Balaban J connectivity index is 1.74. The first kappa shape index (κ1) is 16.2. The Bertz CT molecular complexity index is 621. The van der Waals surface area contributed by atoms with E-state index >= 15 is 0 Å². The second kappa shape index (κ2) is 6.87. The van der Waals surface area contributed by atoms with Gasteiger partial charge in [0.05, 0.1) is 17.8 Å². The maximum atomic E-state index is 12.8. The zero-order valence-electron chi connectivity index (χ0n) is 14.0. The molecule has 2 heterocycles. The highest BCUT2D eigenvalue weighted by Crippen LogP contribution is 2.37. The van der Waals surface area contributed by atoms with E-state index in [2.05, 4.69) is 6.92 Å². The van der Waals surface area contributed by atoms with Crippen molar-refractivity contribution in [1.29, 1.82) is 0 Å². The van der Waals surface area contributed by atoms with Gasteiger partial charge in [-0.1, -0.05) is 19.8 Å². The Morgan fingerprint density at radius 1 is 1.30 bits per heavy atom. The highest BCUT2D eigenvalue weighted by atomic mass is 16.5. The topological polar surface area (TPSA) is 51.5 Å². The fraction of sp³-hybridized carbons (Fsp3) is 0.667. The Labute approximate surface area is 137 Å².